The molecule has 6 nitrogen and oxygen atoms in total. The van der Waals surface area contributed by atoms with Crippen LogP contribution in [0.4, 0.5) is 11.5 Å². The summed E-state index contributed by atoms with van der Waals surface area (Å²) < 4.78 is 0.627. The van der Waals surface area contributed by atoms with E-state index in [1.54, 1.807) is 18.3 Å². The highest BCUT2D eigenvalue weighted by Gasteiger charge is 2.12. The van der Waals surface area contributed by atoms with Crippen LogP contribution in [-0.2, 0) is 0 Å². The average Bonchev–Trinajstić information content (AvgIpc) is 2.29. The molecule has 0 aliphatic heterocycles. The van der Waals surface area contributed by atoms with Crippen LogP contribution in [0.2, 0.25) is 0 Å². The monoisotopic (exact) mass is 293 g/mol. The largest absolute Gasteiger partial charge is 0.382 e. The standard InChI is InChI=1S/C10H8BrN5O/c11-7-5-6(1-2-13-7)16-10(17)8-9(12)15-4-3-14-8/h1-5H,(H2,12,15)(H,13,16,17). The van der Waals surface area contributed by atoms with E-state index in [2.05, 4.69) is 36.2 Å². The van der Waals surface area contributed by atoms with Crippen molar-refractivity contribution in [1.82, 2.24) is 15.0 Å². The third-order valence-corrected chi connectivity index (χ3v) is 2.36. The van der Waals surface area contributed by atoms with Gasteiger partial charge in [0.25, 0.3) is 5.91 Å². The lowest BCUT2D eigenvalue weighted by Gasteiger charge is -2.05. The Labute approximate surface area is 105 Å². The van der Waals surface area contributed by atoms with Crippen LogP contribution in [0.3, 0.4) is 0 Å². The van der Waals surface area contributed by atoms with Gasteiger partial charge in [-0.2, -0.15) is 0 Å². The lowest BCUT2D eigenvalue weighted by atomic mass is 10.3. The lowest BCUT2D eigenvalue weighted by molar-refractivity contribution is 0.102. The fourth-order valence-electron chi connectivity index (χ4n) is 1.19. The predicted molar refractivity (Wildman–Crippen MR) is 66.3 cm³/mol. The molecule has 17 heavy (non-hydrogen) atoms. The average molecular weight is 294 g/mol. The number of rotatable bonds is 2. The molecule has 2 rings (SSSR count). The molecule has 0 saturated carbocycles. The molecule has 0 radical (unpaired) electrons. The van der Waals surface area contributed by atoms with E-state index in [4.69, 9.17) is 5.73 Å². The van der Waals surface area contributed by atoms with Crippen molar-refractivity contribution in [2.75, 3.05) is 11.1 Å². The van der Waals surface area contributed by atoms with Crippen molar-refractivity contribution >= 4 is 33.3 Å². The summed E-state index contributed by atoms with van der Waals surface area (Å²) in [7, 11) is 0. The fourth-order valence-corrected chi connectivity index (χ4v) is 1.56. The van der Waals surface area contributed by atoms with Crippen LogP contribution in [0.5, 0.6) is 0 Å². The van der Waals surface area contributed by atoms with Gasteiger partial charge in [-0.25, -0.2) is 15.0 Å². The smallest absolute Gasteiger partial charge is 0.278 e. The molecule has 0 saturated heterocycles. The third kappa shape index (κ3) is 2.76. The van der Waals surface area contributed by atoms with Gasteiger partial charge < -0.3 is 11.1 Å². The van der Waals surface area contributed by atoms with Gasteiger partial charge in [0, 0.05) is 24.3 Å². The Kier molecular flexibility index (Phi) is 3.29. The Bertz CT molecular complexity index is 560. The van der Waals surface area contributed by atoms with Gasteiger partial charge in [0.05, 0.1) is 0 Å². The van der Waals surface area contributed by atoms with Crippen molar-refractivity contribution in [3.05, 3.63) is 41.0 Å². The second-order valence-corrected chi connectivity index (χ2v) is 3.92. The molecule has 0 unspecified atom stereocenters. The number of amides is 1. The van der Waals surface area contributed by atoms with Crippen molar-refractivity contribution in [1.29, 1.82) is 0 Å². The molecule has 7 heteroatoms. The summed E-state index contributed by atoms with van der Waals surface area (Å²) in [4.78, 5) is 23.4. The molecule has 86 valence electrons. The number of nitrogen functional groups attached to an aromatic ring is 1. The molecule has 0 aliphatic rings. The number of carbonyl (C=O) groups excluding carboxylic acids is 1. The summed E-state index contributed by atoms with van der Waals surface area (Å²) in [5.41, 5.74) is 6.25. The Hall–Kier alpha value is -2.02. The first-order valence-electron chi connectivity index (χ1n) is 4.66. The molecule has 3 N–H and O–H groups in total. The zero-order valence-corrected chi connectivity index (χ0v) is 10.2. The number of nitrogens with two attached hydrogens (primary N) is 1. The van der Waals surface area contributed by atoms with Gasteiger partial charge in [0.1, 0.15) is 4.60 Å². The summed E-state index contributed by atoms with van der Waals surface area (Å²) in [6.45, 7) is 0. The summed E-state index contributed by atoms with van der Waals surface area (Å²) >= 11 is 3.21. The van der Waals surface area contributed by atoms with E-state index in [9.17, 15) is 4.79 Å². The molecule has 0 aromatic carbocycles. The van der Waals surface area contributed by atoms with Gasteiger partial charge in [-0.1, -0.05) is 0 Å². The highest BCUT2D eigenvalue weighted by molar-refractivity contribution is 9.10. The van der Waals surface area contributed by atoms with Crippen molar-refractivity contribution in [3.8, 4) is 0 Å². The first kappa shape index (κ1) is 11.5. The highest BCUT2D eigenvalue weighted by Crippen LogP contribution is 2.14. The number of halogens is 1. The fraction of sp³-hybridized carbons (Fsp3) is 0. The minimum absolute atomic E-state index is 0.0955. The van der Waals surface area contributed by atoms with Gasteiger partial charge in [0.2, 0.25) is 0 Å². The Morgan fingerprint density at radius 1 is 1.24 bits per heavy atom. The number of aromatic nitrogens is 3. The second-order valence-electron chi connectivity index (χ2n) is 3.11. The van der Waals surface area contributed by atoms with E-state index in [1.165, 1.54) is 12.4 Å². The molecule has 2 aromatic heterocycles. The van der Waals surface area contributed by atoms with Gasteiger partial charge in [-0.15, -0.1) is 0 Å². The first-order valence-corrected chi connectivity index (χ1v) is 5.45. The molecular weight excluding hydrogens is 286 g/mol. The maximum Gasteiger partial charge on any atom is 0.278 e. The van der Waals surface area contributed by atoms with Crippen molar-refractivity contribution in [2.24, 2.45) is 0 Å². The van der Waals surface area contributed by atoms with Crippen LogP contribution >= 0.6 is 15.9 Å². The van der Waals surface area contributed by atoms with Crippen LogP contribution < -0.4 is 11.1 Å². The van der Waals surface area contributed by atoms with E-state index in [1.807, 2.05) is 0 Å². The number of anilines is 2. The van der Waals surface area contributed by atoms with E-state index < -0.39 is 5.91 Å². The van der Waals surface area contributed by atoms with Gasteiger partial charge in [0.15, 0.2) is 11.5 Å². The van der Waals surface area contributed by atoms with Crippen LogP contribution in [0.15, 0.2) is 35.3 Å². The molecule has 1 amide bonds. The minimum Gasteiger partial charge on any atom is -0.382 e. The third-order valence-electron chi connectivity index (χ3n) is 1.93. The zero-order valence-electron chi connectivity index (χ0n) is 8.59. The summed E-state index contributed by atoms with van der Waals surface area (Å²) in [5.74, 6) is -0.313. The summed E-state index contributed by atoms with van der Waals surface area (Å²) in [6, 6.07) is 3.33. The highest BCUT2D eigenvalue weighted by atomic mass is 79.9. The maximum absolute atomic E-state index is 11.8. The Morgan fingerprint density at radius 2 is 2.00 bits per heavy atom. The second kappa shape index (κ2) is 4.88. The molecule has 0 fully saturated rings. The number of hydrogen-bond acceptors (Lipinski definition) is 5. The topological polar surface area (TPSA) is 93.8 Å². The molecule has 0 bridgehead atoms. The van der Waals surface area contributed by atoms with Gasteiger partial charge in [-0.3, -0.25) is 4.79 Å². The Morgan fingerprint density at radius 3 is 2.71 bits per heavy atom. The summed E-state index contributed by atoms with van der Waals surface area (Å²) in [5, 5.41) is 2.65. The van der Waals surface area contributed by atoms with Crippen LogP contribution in [0.1, 0.15) is 10.5 Å². The zero-order chi connectivity index (χ0) is 12.3. The quantitative estimate of drug-likeness (QED) is 0.818. The predicted octanol–water partition coefficient (Wildman–Crippen LogP) is 1.47. The number of nitrogens with one attached hydrogen (secondary N) is 1. The van der Waals surface area contributed by atoms with Gasteiger partial charge in [-0.05, 0) is 28.1 Å². The molecule has 0 aliphatic carbocycles. The molecule has 2 heterocycles. The van der Waals surface area contributed by atoms with Crippen molar-refractivity contribution in [2.45, 2.75) is 0 Å². The maximum atomic E-state index is 11.8. The van der Waals surface area contributed by atoms with Crippen molar-refractivity contribution in [3.63, 3.8) is 0 Å². The molecule has 2 aromatic rings. The van der Waals surface area contributed by atoms with E-state index in [0.29, 0.717) is 10.3 Å². The lowest BCUT2D eigenvalue weighted by Crippen LogP contribution is -2.16. The number of nitrogens with zero attached hydrogens (tertiary/aromatic N) is 3. The number of carbonyl (C=O) groups is 1. The van der Waals surface area contributed by atoms with Crippen LogP contribution in [-0.4, -0.2) is 20.9 Å². The number of hydrogen-bond donors (Lipinski definition) is 2. The molecule has 0 atom stereocenters. The normalized spacial score (nSPS) is 9.94. The van der Waals surface area contributed by atoms with Crippen LogP contribution in [0, 0.1) is 0 Å². The van der Waals surface area contributed by atoms with Gasteiger partial charge >= 0.3 is 0 Å². The van der Waals surface area contributed by atoms with E-state index in [-0.39, 0.29) is 11.5 Å². The van der Waals surface area contributed by atoms with E-state index >= 15 is 0 Å². The SMILES string of the molecule is Nc1nccnc1C(=O)Nc1ccnc(Br)c1. The Balaban J connectivity index is 2.20. The minimum atomic E-state index is -0.409. The summed E-state index contributed by atoms with van der Waals surface area (Å²) in [6.07, 6.45) is 4.41. The van der Waals surface area contributed by atoms with E-state index in [0.717, 1.165) is 0 Å². The number of pyridine rings is 1. The molecular formula is C10H8BrN5O. The van der Waals surface area contributed by atoms with Crippen LogP contribution in [0.25, 0.3) is 0 Å². The van der Waals surface area contributed by atoms with Crippen molar-refractivity contribution < 1.29 is 4.79 Å². The first-order chi connectivity index (χ1) is 8.16. The molecule has 0 spiro atoms.